The molecule has 2 aliphatic rings. The van der Waals surface area contributed by atoms with Gasteiger partial charge in [0.05, 0.1) is 5.69 Å². The number of nitrogens with zero attached hydrogens (tertiary/aromatic N) is 1. The van der Waals surface area contributed by atoms with Crippen molar-refractivity contribution in [1.82, 2.24) is 0 Å². The van der Waals surface area contributed by atoms with Crippen molar-refractivity contribution in [3.63, 3.8) is 0 Å². The van der Waals surface area contributed by atoms with Crippen molar-refractivity contribution in [2.75, 3.05) is 11.7 Å². The molecule has 0 atom stereocenters. The Labute approximate surface area is 150 Å². The summed E-state index contributed by atoms with van der Waals surface area (Å²) in [5.41, 5.74) is 0.396. The molecule has 9 heteroatoms. The molecule has 0 radical (unpaired) electrons. The Morgan fingerprint density at radius 3 is 2.54 bits per heavy atom. The number of carbonyl (C=O) groups excluding carboxylic acids is 1. The van der Waals surface area contributed by atoms with Gasteiger partial charge >= 0.3 is 5.91 Å². The molecule has 1 N–H and O–H groups in total. The fourth-order valence-corrected chi connectivity index (χ4v) is 2.81. The van der Waals surface area contributed by atoms with E-state index in [1.807, 2.05) is 0 Å². The Morgan fingerprint density at radius 2 is 1.81 bits per heavy atom. The summed E-state index contributed by atoms with van der Waals surface area (Å²) < 4.78 is 42.6. The first kappa shape index (κ1) is 16.3. The Kier molecular flexibility index (Phi) is 3.73. The maximum Gasteiger partial charge on any atom is 0.301 e. The largest absolute Gasteiger partial charge is 0.503 e. The minimum atomic E-state index is -1.16. The second kappa shape index (κ2) is 5.95. The molecule has 0 aliphatic carbocycles. The quantitative estimate of drug-likeness (QED) is 0.641. The number of hydrogen-bond acceptors (Lipinski definition) is 6. The molecule has 1 amide bonds. The Bertz CT molecular complexity index is 968. The number of fused-ring (bicyclic) bond motifs is 1. The number of benzene rings is 2. The highest BCUT2D eigenvalue weighted by Gasteiger charge is 2.35. The number of halogens is 2. The number of aromatic hydroxyl groups is 1. The van der Waals surface area contributed by atoms with E-state index in [0.29, 0.717) is 17.2 Å². The lowest BCUT2D eigenvalue weighted by Crippen LogP contribution is -2.27. The molecule has 6 nitrogen and oxygen atoms in total. The van der Waals surface area contributed by atoms with Crippen molar-refractivity contribution in [3.05, 3.63) is 53.3 Å². The summed E-state index contributed by atoms with van der Waals surface area (Å²) in [5, 5.41) is 8.99. The fraction of sp³-hybridized carbons (Fsp3) is 0.0588. The van der Waals surface area contributed by atoms with E-state index < -0.39 is 23.3 Å². The van der Waals surface area contributed by atoms with Gasteiger partial charge in [0, 0.05) is 6.07 Å². The van der Waals surface area contributed by atoms with Crippen LogP contribution < -0.4 is 14.4 Å². The van der Waals surface area contributed by atoms with Gasteiger partial charge in [0.25, 0.3) is 5.17 Å². The summed E-state index contributed by atoms with van der Waals surface area (Å²) in [7, 11) is 0. The lowest BCUT2D eigenvalue weighted by Gasteiger charge is -2.12. The van der Waals surface area contributed by atoms with Gasteiger partial charge in [-0.15, -0.1) is 0 Å². The number of carbonyl (C=O) groups is 1. The summed E-state index contributed by atoms with van der Waals surface area (Å²) in [6.45, 7) is 0.0802. The van der Waals surface area contributed by atoms with Crippen molar-refractivity contribution >= 4 is 35.1 Å². The lowest BCUT2D eigenvalue weighted by molar-refractivity contribution is -0.114. The summed E-state index contributed by atoms with van der Waals surface area (Å²) in [6, 6.07) is 6.53. The zero-order valence-electron chi connectivity index (χ0n) is 12.9. The molecule has 2 aromatic carbocycles. The predicted molar refractivity (Wildman–Crippen MR) is 89.7 cm³/mol. The van der Waals surface area contributed by atoms with Crippen molar-refractivity contribution < 1.29 is 32.9 Å². The van der Waals surface area contributed by atoms with Gasteiger partial charge in [-0.25, -0.2) is 13.7 Å². The third-order valence-corrected chi connectivity index (χ3v) is 4.01. The van der Waals surface area contributed by atoms with E-state index in [9.17, 15) is 13.6 Å². The molecule has 0 spiro atoms. The average Bonchev–Trinajstić information content (AvgIpc) is 3.16. The van der Waals surface area contributed by atoms with E-state index in [1.54, 1.807) is 18.2 Å². The number of rotatable bonds is 2. The van der Waals surface area contributed by atoms with Gasteiger partial charge in [0.15, 0.2) is 34.6 Å². The number of thiocarbonyl (C=S) groups is 1. The van der Waals surface area contributed by atoms with Crippen molar-refractivity contribution in [1.29, 1.82) is 0 Å². The maximum atomic E-state index is 13.4. The highest BCUT2D eigenvalue weighted by Crippen LogP contribution is 2.37. The van der Waals surface area contributed by atoms with Gasteiger partial charge in [-0.3, -0.25) is 4.79 Å². The van der Waals surface area contributed by atoms with Crippen molar-refractivity contribution in [3.8, 4) is 17.2 Å². The molecule has 26 heavy (non-hydrogen) atoms. The highest BCUT2D eigenvalue weighted by atomic mass is 32.1. The summed E-state index contributed by atoms with van der Waals surface area (Å²) in [6.07, 6.45) is 1.13. The molecule has 1 fully saturated rings. The first-order chi connectivity index (χ1) is 12.4. The third kappa shape index (κ3) is 2.62. The Hall–Kier alpha value is -3.20. The van der Waals surface area contributed by atoms with E-state index in [0.717, 1.165) is 23.1 Å². The van der Waals surface area contributed by atoms with Gasteiger partial charge in [0.2, 0.25) is 6.79 Å². The monoisotopic (exact) mass is 377 g/mol. The van der Waals surface area contributed by atoms with Gasteiger partial charge in [-0.05, 0) is 48.1 Å². The van der Waals surface area contributed by atoms with Gasteiger partial charge in [-0.2, -0.15) is 0 Å². The topological polar surface area (TPSA) is 68.2 Å². The molecule has 0 unspecified atom stereocenters. The second-order valence-electron chi connectivity index (χ2n) is 5.39. The minimum absolute atomic E-state index is 0.00325. The van der Waals surface area contributed by atoms with Crippen LogP contribution in [-0.2, 0) is 9.53 Å². The standard InChI is InChI=1S/C17H9F2NO5S/c18-10-3-8(4-11(19)15(10)21)5-14-16(22)20(17(26)25-14)9-1-2-12-13(6-9)24-7-23-12/h1-6,21H,7H2. The molecular formula is C17H9F2NO5S. The summed E-state index contributed by atoms with van der Waals surface area (Å²) in [4.78, 5) is 13.7. The maximum absolute atomic E-state index is 13.4. The molecule has 132 valence electrons. The lowest BCUT2D eigenvalue weighted by atomic mass is 10.1. The van der Waals surface area contributed by atoms with Crippen LogP contribution in [0.2, 0.25) is 0 Å². The van der Waals surface area contributed by atoms with E-state index in [-0.39, 0.29) is 23.3 Å². The molecule has 2 aliphatic heterocycles. The molecule has 2 heterocycles. The van der Waals surface area contributed by atoms with E-state index in [1.165, 1.54) is 0 Å². The summed E-state index contributed by atoms with van der Waals surface area (Å²) in [5.74, 6) is -3.23. The predicted octanol–water partition coefficient (Wildman–Crippen LogP) is 3.09. The van der Waals surface area contributed by atoms with Gasteiger partial charge in [-0.1, -0.05) is 0 Å². The molecule has 1 saturated heterocycles. The van der Waals surface area contributed by atoms with Crippen molar-refractivity contribution in [2.45, 2.75) is 0 Å². The Balaban J connectivity index is 1.67. The average molecular weight is 377 g/mol. The number of phenols is 1. The van der Waals surface area contributed by atoms with Crippen LogP contribution in [0.4, 0.5) is 14.5 Å². The number of anilines is 1. The van der Waals surface area contributed by atoms with Crippen LogP contribution in [-0.4, -0.2) is 23.0 Å². The smallest absolute Gasteiger partial charge is 0.301 e. The molecule has 0 saturated carbocycles. The Morgan fingerprint density at radius 1 is 1.12 bits per heavy atom. The van der Waals surface area contributed by atoms with Crippen LogP contribution in [0.25, 0.3) is 6.08 Å². The van der Waals surface area contributed by atoms with Crippen LogP contribution in [0.15, 0.2) is 36.1 Å². The third-order valence-electron chi connectivity index (χ3n) is 3.75. The van der Waals surface area contributed by atoms with Gasteiger partial charge in [0.1, 0.15) is 0 Å². The molecular weight excluding hydrogens is 368 g/mol. The molecule has 2 aromatic rings. The van der Waals surface area contributed by atoms with Crippen LogP contribution in [0.5, 0.6) is 17.2 Å². The molecule has 0 aromatic heterocycles. The number of ether oxygens (including phenoxy) is 3. The summed E-state index contributed by atoms with van der Waals surface area (Å²) >= 11 is 5.08. The van der Waals surface area contributed by atoms with Crippen LogP contribution in [0.1, 0.15) is 5.56 Å². The zero-order valence-corrected chi connectivity index (χ0v) is 13.7. The molecule has 0 bridgehead atoms. The van der Waals surface area contributed by atoms with Crippen LogP contribution >= 0.6 is 12.2 Å². The van der Waals surface area contributed by atoms with E-state index >= 15 is 0 Å². The second-order valence-corrected chi connectivity index (χ2v) is 5.74. The number of hydrogen-bond donors (Lipinski definition) is 1. The number of amides is 1. The normalized spacial score (nSPS) is 17.2. The van der Waals surface area contributed by atoms with E-state index in [4.69, 9.17) is 31.5 Å². The first-order valence-corrected chi connectivity index (χ1v) is 7.70. The first-order valence-electron chi connectivity index (χ1n) is 7.29. The minimum Gasteiger partial charge on any atom is -0.503 e. The SMILES string of the molecule is O=C1C(=Cc2cc(F)c(O)c(F)c2)OC(=S)N1c1ccc2c(c1)OCO2. The highest BCUT2D eigenvalue weighted by molar-refractivity contribution is 7.80. The van der Waals surface area contributed by atoms with Gasteiger partial charge < -0.3 is 19.3 Å². The zero-order chi connectivity index (χ0) is 18.4. The van der Waals surface area contributed by atoms with Crippen LogP contribution in [0.3, 0.4) is 0 Å². The number of phenolic OH excluding ortho intramolecular Hbond substituents is 1. The van der Waals surface area contributed by atoms with E-state index in [2.05, 4.69) is 0 Å². The fourth-order valence-electron chi connectivity index (χ4n) is 2.53. The van der Waals surface area contributed by atoms with Crippen LogP contribution in [0, 0.1) is 11.6 Å². The van der Waals surface area contributed by atoms with Crippen molar-refractivity contribution in [2.24, 2.45) is 0 Å². The molecule has 4 rings (SSSR count).